The molecule has 6 heteroatoms. The predicted octanol–water partition coefficient (Wildman–Crippen LogP) is 4.02. The summed E-state index contributed by atoms with van der Waals surface area (Å²) in [5.41, 5.74) is 1.74. The molecule has 0 saturated heterocycles. The molecular formula is C24H22O6. The Labute approximate surface area is 174 Å². The van der Waals surface area contributed by atoms with Crippen molar-refractivity contribution in [2.24, 2.45) is 0 Å². The summed E-state index contributed by atoms with van der Waals surface area (Å²) < 4.78 is 10.4. The highest BCUT2D eigenvalue weighted by molar-refractivity contribution is 6.52. The van der Waals surface area contributed by atoms with E-state index < -0.39 is 23.5 Å². The topological polar surface area (TPSA) is 89.9 Å². The fourth-order valence-electron chi connectivity index (χ4n) is 3.35. The number of carbonyl (C=O) groups excluding carboxylic acids is 3. The number of methoxy groups -OCH3 is 1. The lowest BCUT2D eigenvalue weighted by molar-refractivity contribution is -0.140. The Kier molecular flexibility index (Phi) is 6.16. The van der Waals surface area contributed by atoms with Gasteiger partial charge in [-0.1, -0.05) is 43.0 Å². The second kappa shape index (κ2) is 8.78. The standard InChI is InChI=1S/C24H22O6/c1-14(2)13-30-16-10-8-15(9-11-16)19(12-20(25)29-3)21-22(26)17-6-4-5-7-18(17)23(27)24(21)28/h4-11,19,26H,1,12-13H2,2-3H3/t19-/m0/s1. The number of hydrogen-bond donors (Lipinski definition) is 1. The number of aliphatic hydroxyl groups is 1. The Bertz CT molecular complexity index is 1050. The lowest BCUT2D eigenvalue weighted by Crippen LogP contribution is -2.28. The molecule has 1 aliphatic rings. The average Bonchev–Trinajstić information content (AvgIpc) is 2.75. The molecule has 0 radical (unpaired) electrons. The van der Waals surface area contributed by atoms with Crippen molar-refractivity contribution < 1.29 is 29.0 Å². The summed E-state index contributed by atoms with van der Waals surface area (Å²) >= 11 is 0. The highest BCUT2D eigenvalue weighted by atomic mass is 16.5. The first-order valence-electron chi connectivity index (χ1n) is 9.39. The number of rotatable bonds is 7. The largest absolute Gasteiger partial charge is 0.507 e. The average molecular weight is 406 g/mol. The molecule has 0 spiro atoms. The maximum absolute atomic E-state index is 12.9. The summed E-state index contributed by atoms with van der Waals surface area (Å²) in [5.74, 6) is -2.67. The van der Waals surface area contributed by atoms with Gasteiger partial charge in [0.2, 0.25) is 11.6 Å². The smallest absolute Gasteiger partial charge is 0.306 e. The molecular weight excluding hydrogens is 384 g/mol. The van der Waals surface area contributed by atoms with Crippen molar-refractivity contribution in [2.75, 3.05) is 13.7 Å². The molecule has 0 aromatic heterocycles. The van der Waals surface area contributed by atoms with Crippen molar-refractivity contribution in [3.63, 3.8) is 0 Å². The van der Waals surface area contributed by atoms with Crippen molar-refractivity contribution in [2.45, 2.75) is 19.3 Å². The van der Waals surface area contributed by atoms with Crippen LogP contribution in [-0.4, -0.2) is 36.4 Å². The molecule has 0 bridgehead atoms. The van der Waals surface area contributed by atoms with Crippen LogP contribution in [0, 0.1) is 0 Å². The van der Waals surface area contributed by atoms with Gasteiger partial charge >= 0.3 is 5.97 Å². The first kappa shape index (κ1) is 21.0. The first-order valence-corrected chi connectivity index (χ1v) is 9.39. The number of Topliss-reactive ketones (excluding diaryl/α,β-unsaturated/α-hetero) is 2. The summed E-state index contributed by atoms with van der Waals surface area (Å²) in [6.45, 7) is 5.99. The Morgan fingerprint density at radius 1 is 1.03 bits per heavy atom. The van der Waals surface area contributed by atoms with Gasteiger partial charge in [-0.25, -0.2) is 0 Å². The second-order valence-electron chi connectivity index (χ2n) is 7.11. The maximum atomic E-state index is 12.9. The van der Waals surface area contributed by atoms with E-state index in [0.717, 1.165) is 5.57 Å². The zero-order chi connectivity index (χ0) is 21.8. The van der Waals surface area contributed by atoms with Crippen molar-refractivity contribution in [1.82, 2.24) is 0 Å². The minimum atomic E-state index is -0.850. The lowest BCUT2D eigenvalue weighted by atomic mass is 9.78. The fraction of sp³-hybridized carbons (Fsp3) is 0.208. The van der Waals surface area contributed by atoms with E-state index in [1.54, 1.807) is 42.5 Å². The molecule has 154 valence electrons. The van der Waals surface area contributed by atoms with Crippen LogP contribution in [-0.2, 0) is 14.3 Å². The van der Waals surface area contributed by atoms with Crippen LogP contribution in [0.15, 0.2) is 66.3 Å². The van der Waals surface area contributed by atoms with Crippen LogP contribution in [0.1, 0.15) is 40.7 Å². The van der Waals surface area contributed by atoms with E-state index in [1.165, 1.54) is 13.2 Å². The first-order chi connectivity index (χ1) is 14.3. The number of benzene rings is 2. The molecule has 0 unspecified atom stereocenters. The maximum Gasteiger partial charge on any atom is 0.306 e. The van der Waals surface area contributed by atoms with Gasteiger partial charge in [-0.2, -0.15) is 0 Å². The minimum Gasteiger partial charge on any atom is -0.507 e. The molecule has 1 aliphatic carbocycles. The fourth-order valence-corrected chi connectivity index (χ4v) is 3.35. The number of esters is 1. The molecule has 1 atom stereocenters. The summed E-state index contributed by atoms with van der Waals surface area (Å²) in [6, 6.07) is 13.1. The zero-order valence-electron chi connectivity index (χ0n) is 16.8. The van der Waals surface area contributed by atoms with Crippen LogP contribution >= 0.6 is 0 Å². The van der Waals surface area contributed by atoms with Gasteiger partial charge < -0.3 is 14.6 Å². The highest BCUT2D eigenvalue weighted by Crippen LogP contribution is 2.38. The van der Waals surface area contributed by atoms with Crippen LogP contribution in [0.4, 0.5) is 0 Å². The van der Waals surface area contributed by atoms with E-state index >= 15 is 0 Å². The third kappa shape index (κ3) is 4.17. The van der Waals surface area contributed by atoms with E-state index in [4.69, 9.17) is 9.47 Å². The van der Waals surface area contributed by atoms with Crippen molar-refractivity contribution in [1.29, 1.82) is 0 Å². The van der Waals surface area contributed by atoms with E-state index in [1.807, 2.05) is 6.92 Å². The molecule has 30 heavy (non-hydrogen) atoms. The van der Waals surface area contributed by atoms with Gasteiger partial charge in [-0.15, -0.1) is 0 Å². The van der Waals surface area contributed by atoms with Crippen LogP contribution in [0.5, 0.6) is 5.75 Å². The summed E-state index contributed by atoms with van der Waals surface area (Å²) in [7, 11) is 1.24. The number of fused-ring (bicyclic) bond motifs is 1. The van der Waals surface area contributed by atoms with Gasteiger partial charge in [-0.05, 0) is 30.2 Å². The Hall–Kier alpha value is -3.67. The number of allylic oxidation sites excluding steroid dienone is 1. The molecule has 0 aliphatic heterocycles. The molecule has 0 fully saturated rings. The van der Waals surface area contributed by atoms with Crippen molar-refractivity contribution >= 4 is 23.3 Å². The van der Waals surface area contributed by atoms with Gasteiger partial charge in [0.05, 0.1) is 19.1 Å². The van der Waals surface area contributed by atoms with Gasteiger partial charge in [0.25, 0.3) is 0 Å². The van der Waals surface area contributed by atoms with Crippen LogP contribution in [0.3, 0.4) is 0 Å². The predicted molar refractivity (Wildman–Crippen MR) is 111 cm³/mol. The third-order valence-corrected chi connectivity index (χ3v) is 4.85. The number of aliphatic hydroxyl groups excluding tert-OH is 1. The number of ketones is 2. The van der Waals surface area contributed by atoms with Crippen molar-refractivity contribution in [3.8, 4) is 5.75 Å². The van der Waals surface area contributed by atoms with Gasteiger partial charge in [0, 0.05) is 17.0 Å². The van der Waals surface area contributed by atoms with E-state index in [0.29, 0.717) is 17.9 Å². The normalized spacial score (nSPS) is 14.2. The zero-order valence-corrected chi connectivity index (χ0v) is 16.8. The molecule has 3 rings (SSSR count). The molecule has 2 aromatic carbocycles. The van der Waals surface area contributed by atoms with E-state index in [9.17, 15) is 19.5 Å². The third-order valence-electron chi connectivity index (χ3n) is 4.85. The van der Waals surface area contributed by atoms with Gasteiger partial charge in [-0.3, -0.25) is 14.4 Å². The molecule has 2 aromatic rings. The van der Waals surface area contributed by atoms with Crippen LogP contribution in [0.25, 0.3) is 5.76 Å². The monoisotopic (exact) mass is 406 g/mol. The Morgan fingerprint density at radius 2 is 1.67 bits per heavy atom. The number of ether oxygens (including phenoxy) is 2. The summed E-state index contributed by atoms with van der Waals surface area (Å²) in [6.07, 6.45) is -0.205. The quantitative estimate of drug-likeness (QED) is 0.424. The van der Waals surface area contributed by atoms with E-state index in [2.05, 4.69) is 6.58 Å². The van der Waals surface area contributed by atoms with E-state index in [-0.39, 0.29) is 28.9 Å². The molecule has 0 amide bonds. The van der Waals surface area contributed by atoms with Crippen LogP contribution in [0.2, 0.25) is 0 Å². The van der Waals surface area contributed by atoms with Gasteiger partial charge in [0.1, 0.15) is 18.1 Å². The molecule has 6 nitrogen and oxygen atoms in total. The van der Waals surface area contributed by atoms with Crippen LogP contribution < -0.4 is 4.74 Å². The Balaban J connectivity index is 2.06. The second-order valence-corrected chi connectivity index (χ2v) is 7.11. The summed E-state index contributed by atoms with van der Waals surface area (Å²) in [4.78, 5) is 37.6. The molecule has 0 heterocycles. The lowest BCUT2D eigenvalue weighted by Gasteiger charge is -2.24. The number of carbonyl (C=O) groups is 3. The highest BCUT2D eigenvalue weighted by Gasteiger charge is 2.38. The van der Waals surface area contributed by atoms with Crippen molar-refractivity contribution in [3.05, 3.63) is 82.9 Å². The molecule has 1 N–H and O–H groups in total. The number of hydrogen-bond acceptors (Lipinski definition) is 6. The molecule has 0 saturated carbocycles. The minimum absolute atomic E-state index is 0.111. The SMILES string of the molecule is C=C(C)COc1ccc([C@H](CC(=O)OC)C2=C(O)c3ccccc3C(=O)C2=O)cc1. The summed E-state index contributed by atoms with van der Waals surface area (Å²) in [5, 5.41) is 10.8. The Morgan fingerprint density at radius 3 is 2.27 bits per heavy atom. The van der Waals surface area contributed by atoms with Gasteiger partial charge in [0.15, 0.2) is 0 Å².